The van der Waals surface area contributed by atoms with Crippen molar-refractivity contribution < 1.29 is 4.74 Å². The van der Waals surface area contributed by atoms with Crippen molar-refractivity contribution in [3.8, 4) is 0 Å². The molecule has 0 aliphatic carbocycles. The van der Waals surface area contributed by atoms with Crippen LogP contribution in [0.15, 0.2) is 18.2 Å². The highest BCUT2D eigenvalue weighted by Crippen LogP contribution is 2.41. The van der Waals surface area contributed by atoms with Crippen LogP contribution >= 0.6 is 0 Å². The minimum absolute atomic E-state index is 0.117. The molecule has 0 spiro atoms. The third-order valence-corrected chi connectivity index (χ3v) is 4.14. The number of benzene rings is 1. The maximum atomic E-state index is 6.05. The van der Waals surface area contributed by atoms with E-state index in [-0.39, 0.29) is 5.60 Å². The van der Waals surface area contributed by atoms with Crippen LogP contribution in [0.1, 0.15) is 42.9 Å². The van der Waals surface area contributed by atoms with Crippen LogP contribution < -0.4 is 5.32 Å². The van der Waals surface area contributed by atoms with Gasteiger partial charge >= 0.3 is 0 Å². The first kappa shape index (κ1) is 11.2. The molecule has 1 aromatic rings. The van der Waals surface area contributed by atoms with E-state index in [0.29, 0.717) is 5.92 Å². The molecule has 1 unspecified atom stereocenters. The maximum absolute atomic E-state index is 6.05. The van der Waals surface area contributed by atoms with Gasteiger partial charge in [0.2, 0.25) is 0 Å². The number of ether oxygens (including phenoxy) is 1. The molecular formula is C15H21NO. The van der Waals surface area contributed by atoms with Crippen molar-refractivity contribution in [1.82, 2.24) is 5.32 Å². The van der Waals surface area contributed by atoms with Gasteiger partial charge < -0.3 is 10.1 Å². The van der Waals surface area contributed by atoms with E-state index in [4.69, 9.17) is 4.74 Å². The van der Waals surface area contributed by atoms with Gasteiger partial charge in [0.15, 0.2) is 0 Å². The van der Waals surface area contributed by atoms with Crippen LogP contribution in [-0.4, -0.2) is 19.7 Å². The zero-order valence-corrected chi connectivity index (χ0v) is 10.8. The van der Waals surface area contributed by atoms with Crippen LogP contribution in [0.4, 0.5) is 0 Å². The topological polar surface area (TPSA) is 21.3 Å². The van der Waals surface area contributed by atoms with E-state index in [2.05, 4.69) is 37.4 Å². The number of nitrogens with one attached hydrogen (secondary N) is 1. The van der Waals surface area contributed by atoms with Gasteiger partial charge in [-0.3, -0.25) is 0 Å². The zero-order valence-electron chi connectivity index (χ0n) is 10.8. The number of rotatable bonds is 0. The molecule has 1 aromatic carbocycles. The lowest BCUT2D eigenvalue weighted by molar-refractivity contribution is -0.0442. The van der Waals surface area contributed by atoms with Crippen molar-refractivity contribution in [2.75, 3.05) is 19.7 Å². The van der Waals surface area contributed by atoms with Gasteiger partial charge in [0, 0.05) is 5.92 Å². The molecule has 0 aromatic heterocycles. The van der Waals surface area contributed by atoms with E-state index in [1.807, 2.05) is 0 Å². The Hall–Kier alpha value is -0.860. The highest BCUT2D eigenvalue weighted by molar-refractivity contribution is 5.43. The van der Waals surface area contributed by atoms with Crippen LogP contribution in [0, 0.1) is 0 Å². The fourth-order valence-corrected chi connectivity index (χ4v) is 3.16. The standard InChI is InChI=1S/C15H21NO/c1-15(2)13-5-3-4-11-6-8-16-9-7-12(10-17-15)14(11)13/h3-5,12,16H,6-10H2,1-2H3. The van der Waals surface area contributed by atoms with E-state index < -0.39 is 0 Å². The third-order valence-electron chi connectivity index (χ3n) is 4.14. The molecule has 92 valence electrons. The molecule has 0 amide bonds. The summed E-state index contributed by atoms with van der Waals surface area (Å²) >= 11 is 0. The van der Waals surface area contributed by atoms with Gasteiger partial charge in [-0.15, -0.1) is 0 Å². The molecule has 1 N–H and O–H groups in total. The van der Waals surface area contributed by atoms with Crippen molar-refractivity contribution in [2.45, 2.75) is 38.2 Å². The summed E-state index contributed by atoms with van der Waals surface area (Å²) in [5, 5.41) is 3.50. The Balaban J connectivity index is 2.14. The highest BCUT2D eigenvalue weighted by atomic mass is 16.5. The summed E-state index contributed by atoms with van der Waals surface area (Å²) < 4.78 is 6.05. The Bertz CT molecular complexity index is 425. The largest absolute Gasteiger partial charge is 0.370 e. The molecule has 0 saturated heterocycles. The molecule has 2 aliphatic heterocycles. The van der Waals surface area contributed by atoms with Crippen molar-refractivity contribution in [3.05, 3.63) is 34.9 Å². The smallest absolute Gasteiger partial charge is 0.0878 e. The summed E-state index contributed by atoms with van der Waals surface area (Å²) in [7, 11) is 0. The Kier molecular flexibility index (Phi) is 2.72. The Morgan fingerprint density at radius 3 is 3.06 bits per heavy atom. The predicted molar refractivity (Wildman–Crippen MR) is 69.4 cm³/mol. The van der Waals surface area contributed by atoms with E-state index in [1.165, 1.54) is 17.5 Å². The van der Waals surface area contributed by atoms with Gasteiger partial charge in [0.1, 0.15) is 0 Å². The summed E-state index contributed by atoms with van der Waals surface area (Å²) in [6.07, 6.45) is 2.34. The van der Waals surface area contributed by atoms with Gasteiger partial charge in [-0.05, 0) is 56.5 Å². The lowest BCUT2D eigenvalue weighted by Gasteiger charge is -2.39. The first-order valence-corrected chi connectivity index (χ1v) is 6.65. The summed E-state index contributed by atoms with van der Waals surface area (Å²) in [5.41, 5.74) is 4.41. The summed E-state index contributed by atoms with van der Waals surface area (Å²) in [5.74, 6) is 0.585. The van der Waals surface area contributed by atoms with Crippen molar-refractivity contribution in [3.63, 3.8) is 0 Å². The van der Waals surface area contributed by atoms with Gasteiger partial charge in [0.25, 0.3) is 0 Å². The minimum atomic E-state index is -0.117. The zero-order chi connectivity index (χ0) is 11.9. The van der Waals surface area contributed by atoms with Crippen molar-refractivity contribution in [1.29, 1.82) is 0 Å². The average Bonchev–Trinajstić information content (AvgIpc) is 2.28. The molecule has 17 heavy (non-hydrogen) atoms. The maximum Gasteiger partial charge on any atom is 0.0878 e. The molecule has 1 atom stereocenters. The normalized spacial score (nSPS) is 26.8. The quantitative estimate of drug-likeness (QED) is 0.741. The van der Waals surface area contributed by atoms with E-state index in [9.17, 15) is 0 Å². The van der Waals surface area contributed by atoms with Crippen LogP contribution in [-0.2, 0) is 16.8 Å². The van der Waals surface area contributed by atoms with Crippen LogP contribution in [0.5, 0.6) is 0 Å². The van der Waals surface area contributed by atoms with Crippen LogP contribution in [0.2, 0.25) is 0 Å². The third kappa shape index (κ3) is 1.90. The molecule has 2 heteroatoms. The fourth-order valence-electron chi connectivity index (χ4n) is 3.16. The second-order valence-corrected chi connectivity index (χ2v) is 5.69. The van der Waals surface area contributed by atoms with Crippen LogP contribution in [0.3, 0.4) is 0 Å². The minimum Gasteiger partial charge on any atom is -0.370 e. The van der Waals surface area contributed by atoms with Gasteiger partial charge in [-0.1, -0.05) is 18.2 Å². The van der Waals surface area contributed by atoms with Crippen molar-refractivity contribution >= 4 is 0 Å². The van der Waals surface area contributed by atoms with Gasteiger partial charge in [0.05, 0.1) is 12.2 Å². The summed E-state index contributed by atoms with van der Waals surface area (Å²) in [6, 6.07) is 6.73. The average molecular weight is 231 g/mol. The SMILES string of the molecule is CC1(C)OCC2CCNCCc3cccc1c32. The van der Waals surface area contributed by atoms with Gasteiger partial charge in [-0.25, -0.2) is 0 Å². The van der Waals surface area contributed by atoms with E-state index >= 15 is 0 Å². The number of hydrogen-bond donors (Lipinski definition) is 1. The lowest BCUT2D eigenvalue weighted by atomic mass is 9.78. The predicted octanol–water partition coefficient (Wildman–Crippen LogP) is 2.57. The monoisotopic (exact) mass is 231 g/mol. The molecule has 2 nitrogen and oxygen atoms in total. The lowest BCUT2D eigenvalue weighted by Crippen LogP contribution is -2.36. The molecule has 2 aliphatic rings. The molecule has 0 bridgehead atoms. The molecule has 0 saturated carbocycles. The second kappa shape index (κ2) is 4.11. The first-order valence-electron chi connectivity index (χ1n) is 6.65. The molecule has 3 rings (SSSR count). The molecule has 0 fully saturated rings. The molecule has 0 radical (unpaired) electrons. The van der Waals surface area contributed by atoms with E-state index in [0.717, 1.165) is 26.1 Å². The molecule has 2 heterocycles. The molecular weight excluding hydrogens is 210 g/mol. The number of hydrogen-bond acceptors (Lipinski definition) is 2. The summed E-state index contributed by atoms with van der Waals surface area (Å²) in [4.78, 5) is 0. The summed E-state index contributed by atoms with van der Waals surface area (Å²) in [6.45, 7) is 7.47. The van der Waals surface area contributed by atoms with E-state index in [1.54, 1.807) is 5.56 Å². The fraction of sp³-hybridized carbons (Fsp3) is 0.600. The Morgan fingerprint density at radius 2 is 2.18 bits per heavy atom. The highest BCUT2D eigenvalue weighted by Gasteiger charge is 2.34. The Labute approximate surface area is 103 Å². The van der Waals surface area contributed by atoms with Crippen molar-refractivity contribution in [2.24, 2.45) is 0 Å². The second-order valence-electron chi connectivity index (χ2n) is 5.69. The van der Waals surface area contributed by atoms with Crippen LogP contribution in [0.25, 0.3) is 0 Å². The van der Waals surface area contributed by atoms with Gasteiger partial charge in [-0.2, -0.15) is 0 Å². The first-order chi connectivity index (χ1) is 8.18. The Morgan fingerprint density at radius 1 is 1.29 bits per heavy atom.